The van der Waals surface area contributed by atoms with Crippen LogP contribution < -0.4 is 4.74 Å². The van der Waals surface area contributed by atoms with Gasteiger partial charge in [0.15, 0.2) is 0 Å². The van der Waals surface area contributed by atoms with Crippen molar-refractivity contribution in [3.63, 3.8) is 0 Å². The van der Waals surface area contributed by atoms with Crippen molar-refractivity contribution >= 4 is 17.7 Å². The Hall–Kier alpha value is -2.63. The van der Waals surface area contributed by atoms with Crippen molar-refractivity contribution in [3.8, 4) is 11.5 Å². The second-order valence-corrected chi connectivity index (χ2v) is 8.57. The molecular formula is C23H24ClN3O2. The summed E-state index contributed by atoms with van der Waals surface area (Å²) in [5.41, 5.74) is 0.823. The topological polar surface area (TPSA) is 60.2 Å². The van der Waals surface area contributed by atoms with Crippen LogP contribution in [-0.2, 0) is 6.54 Å². The maximum atomic E-state index is 11.6. The molecule has 0 amide bonds. The van der Waals surface area contributed by atoms with Crippen LogP contribution >= 0.6 is 11.6 Å². The molecule has 1 heterocycles. The Morgan fingerprint density at radius 3 is 2.38 bits per heavy atom. The quantitative estimate of drug-likeness (QED) is 0.616. The van der Waals surface area contributed by atoms with E-state index >= 15 is 0 Å². The molecule has 0 saturated heterocycles. The zero-order valence-corrected chi connectivity index (χ0v) is 17.3. The first kappa shape index (κ1) is 19.7. The Morgan fingerprint density at radius 1 is 1.10 bits per heavy atom. The average Bonchev–Trinajstić information content (AvgIpc) is 3.27. The van der Waals surface area contributed by atoms with E-state index in [4.69, 9.17) is 16.3 Å². The van der Waals surface area contributed by atoms with E-state index in [1.807, 2.05) is 36.4 Å². The van der Waals surface area contributed by atoms with Gasteiger partial charge < -0.3 is 9.84 Å². The Morgan fingerprint density at radius 2 is 1.76 bits per heavy atom. The van der Waals surface area contributed by atoms with Crippen molar-refractivity contribution < 1.29 is 9.84 Å². The van der Waals surface area contributed by atoms with Gasteiger partial charge in [-0.2, -0.15) is 5.10 Å². The van der Waals surface area contributed by atoms with Crippen molar-refractivity contribution in [2.75, 3.05) is 0 Å². The zero-order valence-electron chi connectivity index (χ0n) is 16.5. The lowest BCUT2D eigenvalue weighted by Crippen LogP contribution is -2.45. The summed E-state index contributed by atoms with van der Waals surface area (Å²) in [4.78, 5) is 4.00. The average molecular weight is 410 g/mol. The van der Waals surface area contributed by atoms with Crippen LogP contribution in [0.15, 0.2) is 66.8 Å². The first-order chi connectivity index (χ1) is 13.9. The molecule has 5 nitrogen and oxygen atoms in total. The van der Waals surface area contributed by atoms with Gasteiger partial charge in [-0.1, -0.05) is 43.7 Å². The minimum absolute atomic E-state index is 0.248. The number of nitrogens with zero attached hydrogens (tertiary/aromatic N) is 3. The van der Waals surface area contributed by atoms with Crippen molar-refractivity contribution in [1.29, 1.82) is 0 Å². The van der Waals surface area contributed by atoms with E-state index in [-0.39, 0.29) is 5.41 Å². The van der Waals surface area contributed by atoms with Gasteiger partial charge in [0.25, 0.3) is 0 Å². The van der Waals surface area contributed by atoms with E-state index < -0.39 is 5.60 Å². The smallest absolute Gasteiger partial charge is 0.137 e. The van der Waals surface area contributed by atoms with Crippen molar-refractivity contribution in [2.45, 2.75) is 38.8 Å². The first-order valence-electron chi connectivity index (χ1n) is 9.65. The van der Waals surface area contributed by atoms with E-state index in [1.54, 1.807) is 23.1 Å². The molecule has 0 spiro atoms. The number of aromatic nitrogens is 3. The number of ether oxygens (including phenoxy) is 1. The van der Waals surface area contributed by atoms with E-state index in [0.29, 0.717) is 11.6 Å². The van der Waals surface area contributed by atoms with E-state index in [9.17, 15) is 5.11 Å². The molecule has 1 aliphatic carbocycles. The van der Waals surface area contributed by atoms with E-state index in [0.717, 1.165) is 35.5 Å². The molecule has 29 heavy (non-hydrogen) atoms. The molecule has 1 aromatic heterocycles. The lowest BCUT2D eigenvalue weighted by atomic mass is 9.76. The Labute approximate surface area is 175 Å². The Bertz CT molecular complexity index is 996. The molecule has 3 aromatic rings. The maximum absolute atomic E-state index is 11.6. The third-order valence-corrected chi connectivity index (χ3v) is 6.05. The monoisotopic (exact) mass is 409 g/mol. The predicted octanol–water partition coefficient (Wildman–Crippen LogP) is 5.36. The molecule has 1 unspecified atom stereocenters. The second-order valence-electron chi connectivity index (χ2n) is 8.13. The minimum atomic E-state index is -0.973. The molecular weight excluding hydrogens is 386 g/mol. The summed E-state index contributed by atoms with van der Waals surface area (Å²) in [7, 11) is 0. The number of benzene rings is 2. The summed E-state index contributed by atoms with van der Waals surface area (Å²) in [6, 6.07) is 15.1. The van der Waals surface area contributed by atoms with Crippen LogP contribution in [0.5, 0.6) is 11.5 Å². The molecule has 0 aliphatic heterocycles. The van der Waals surface area contributed by atoms with Crippen molar-refractivity contribution in [2.24, 2.45) is 5.41 Å². The van der Waals surface area contributed by atoms with Gasteiger partial charge in [0, 0.05) is 5.02 Å². The number of aliphatic hydroxyl groups is 1. The molecule has 1 aliphatic rings. The molecule has 1 saturated carbocycles. The summed E-state index contributed by atoms with van der Waals surface area (Å²) in [5, 5.41) is 16.5. The van der Waals surface area contributed by atoms with Crippen LogP contribution in [0.25, 0.3) is 6.08 Å². The summed E-state index contributed by atoms with van der Waals surface area (Å²) in [6.45, 7) is 4.60. The number of hydrogen-bond acceptors (Lipinski definition) is 4. The minimum Gasteiger partial charge on any atom is -0.457 e. The SMILES string of the molecule is CC1(C)CCC(=Cc2ccc(Oc3ccc(Cl)cc3)cc2)C1(O)Cn1cncn1. The standard InChI is InChI=1S/C23H24ClN3O2/c1-22(2)12-11-18(23(22,28)14-27-16-25-15-26-27)13-17-3-7-20(8-4-17)29-21-9-5-19(24)6-10-21/h3-10,13,15-16,28H,11-12,14H2,1-2H3. The molecule has 6 heteroatoms. The van der Waals surface area contributed by atoms with Crippen LogP contribution in [0.4, 0.5) is 0 Å². The maximum Gasteiger partial charge on any atom is 0.137 e. The van der Waals surface area contributed by atoms with E-state index in [1.165, 1.54) is 6.33 Å². The molecule has 1 atom stereocenters. The lowest BCUT2D eigenvalue weighted by Gasteiger charge is -2.37. The molecule has 1 fully saturated rings. The fourth-order valence-corrected chi connectivity index (χ4v) is 3.95. The number of hydrogen-bond donors (Lipinski definition) is 1. The van der Waals surface area contributed by atoms with Gasteiger partial charge in [-0.3, -0.25) is 0 Å². The van der Waals surface area contributed by atoms with Gasteiger partial charge in [0.1, 0.15) is 29.8 Å². The normalized spacial score (nSPS) is 22.1. The third-order valence-electron chi connectivity index (χ3n) is 5.80. The fraction of sp³-hybridized carbons (Fsp3) is 0.304. The van der Waals surface area contributed by atoms with Crippen LogP contribution in [0.2, 0.25) is 5.02 Å². The predicted molar refractivity (Wildman–Crippen MR) is 114 cm³/mol. The number of halogens is 1. The summed E-state index contributed by atoms with van der Waals surface area (Å²) < 4.78 is 7.55. The van der Waals surface area contributed by atoms with E-state index in [2.05, 4.69) is 30.0 Å². The number of rotatable bonds is 5. The summed E-state index contributed by atoms with van der Waals surface area (Å²) in [5.74, 6) is 1.49. The summed E-state index contributed by atoms with van der Waals surface area (Å²) >= 11 is 5.91. The fourth-order valence-electron chi connectivity index (χ4n) is 3.82. The van der Waals surface area contributed by atoms with Gasteiger partial charge in [-0.05, 0) is 65.8 Å². The van der Waals surface area contributed by atoms with Gasteiger partial charge in [0.05, 0.1) is 6.54 Å². The van der Waals surface area contributed by atoms with Crippen molar-refractivity contribution in [3.05, 3.63) is 77.3 Å². The molecule has 0 bridgehead atoms. The Kier molecular flexibility index (Phi) is 5.19. The van der Waals surface area contributed by atoms with Crippen LogP contribution in [-0.4, -0.2) is 25.5 Å². The highest BCUT2D eigenvalue weighted by molar-refractivity contribution is 6.30. The zero-order chi connectivity index (χ0) is 20.5. The summed E-state index contributed by atoms with van der Waals surface area (Å²) in [6.07, 6.45) is 6.99. The van der Waals surface area contributed by atoms with Crippen LogP contribution in [0.3, 0.4) is 0 Å². The highest BCUT2D eigenvalue weighted by Gasteiger charge is 2.51. The van der Waals surface area contributed by atoms with Crippen molar-refractivity contribution in [1.82, 2.24) is 14.8 Å². The molecule has 4 rings (SSSR count). The second kappa shape index (κ2) is 7.65. The van der Waals surface area contributed by atoms with Gasteiger partial charge >= 0.3 is 0 Å². The third kappa shape index (κ3) is 4.07. The highest BCUT2D eigenvalue weighted by Crippen LogP contribution is 2.50. The van der Waals surface area contributed by atoms with Gasteiger partial charge in [0.2, 0.25) is 0 Å². The largest absolute Gasteiger partial charge is 0.457 e. The van der Waals surface area contributed by atoms with Crippen LogP contribution in [0.1, 0.15) is 32.3 Å². The molecule has 1 N–H and O–H groups in total. The highest BCUT2D eigenvalue weighted by atomic mass is 35.5. The van der Waals surface area contributed by atoms with Crippen LogP contribution in [0, 0.1) is 5.41 Å². The van der Waals surface area contributed by atoms with Gasteiger partial charge in [-0.15, -0.1) is 0 Å². The molecule has 2 aromatic carbocycles. The molecule has 150 valence electrons. The lowest BCUT2D eigenvalue weighted by molar-refractivity contribution is -0.0298. The first-order valence-corrected chi connectivity index (χ1v) is 10.0. The van der Waals surface area contributed by atoms with Gasteiger partial charge in [-0.25, -0.2) is 9.67 Å². The molecule has 0 radical (unpaired) electrons. The Balaban J connectivity index is 1.55.